The number of hydrogen-bond acceptors (Lipinski definition) is 6. The maximum absolute atomic E-state index is 12.4. The number of carbonyl (C=O) groups is 1. The molecule has 0 saturated carbocycles. The molecule has 0 bridgehead atoms. The molecule has 134 valence electrons. The molecule has 0 aliphatic carbocycles. The molecule has 2 aromatic heterocycles. The molecule has 0 aliphatic heterocycles. The highest BCUT2D eigenvalue weighted by Crippen LogP contribution is 2.19. The van der Waals surface area contributed by atoms with Gasteiger partial charge in [-0.1, -0.05) is 35.5 Å². The van der Waals surface area contributed by atoms with E-state index in [9.17, 15) is 4.79 Å². The van der Waals surface area contributed by atoms with Crippen molar-refractivity contribution in [3.8, 4) is 0 Å². The first-order chi connectivity index (χ1) is 12.5. The predicted molar refractivity (Wildman–Crippen MR) is 99.0 cm³/mol. The first-order valence-corrected chi connectivity index (χ1v) is 8.40. The molecular formula is C19H21N5O2. The Labute approximate surface area is 152 Å². The van der Waals surface area contributed by atoms with Crippen molar-refractivity contribution >= 4 is 17.5 Å². The summed E-state index contributed by atoms with van der Waals surface area (Å²) in [7, 11) is 0. The monoisotopic (exact) mass is 351 g/mol. The van der Waals surface area contributed by atoms with Gasteiger partial charge >= 0.3 is 0 Å². The van der Waals surface area contributed by atoms with Gasteiger partial charge < -0.3 is 14.7 Å². The zero-order chi connectivity index (χ0) is 18.5. The van der Waals surface area contributed by atoms with Crippen molar-refractivity contribution in [2.45, 2.75) is 33.4 Å². The van der Waals surface area contributed by atoms with Crippen LogP contribution in [0.15, 0.2) is 53.3 Å². The summed E-state index contributed by atoms with van der Waals surface area (Å²) in [6, 6.07) is 13.7. The molecule has 7 nitrogen and oxygen atoms in total. The van der Waals surface area contributed by atoms with E-state index in [4.69, 9.17) is 4.52 Å². The molecule has 2 heterocycles. The number of hydrogen-bond donors (Lipinski definition) is 1. The van der Waals surface area contributed by atoms with E-state index in [0.717, 1.165) is 0 Å². The van der Waals surface area contributed by atoms with Gasteiger partial charge in [-0.3, -0.25) is 4.79 Å². The van der Waals surface area contributed by atoms with Crippen LogP contribution in [0.5, 0.6) is 0 Å². The van der Waals surface area contributed by atoms with Crippen LogP contribution >= 0.6 is 0 Å². The Morgan fingerprint density at radius 1 is 1.19 bits per heavy atom. The number of aromatic nitrogens is 3. The maximum atomic E-state index is 12.4. The van der Waals surface area contributed by atoms with Gasteiger partial charge in [0.05, 0.1) is 0 Å². The minimum Gasteiger partial charge on any atom is -0.360 e. The van der Waals surface area contributed by atoms with Crippen LogP contribution in [0.3, 0.4) is 0 Å². The van der Waals surface area contributed by atoms with Crippen molar-refractivity contribution < 1.29 is 9.32 Å². The van der Waals surface area contributed by atoms with E-state index in [-0.39, 0.29) is 17.6 Å². The average molecular weight is 351 g/mol. The van der Waals surface area contributed by atoms with Gasteiger partial charge in [-0.2, -0.15) is 0 Å². The third kappa shape index (κ3) is 4.24. The van der Waals surface area contributed by atoms with E-state index in [1.807, 2.05) is 18.2 Å². The minimum atomic E-state index is -0.356. The summed E-state index contributed by atoms with van der Waals surface area (Å²) in [5.74, 6) is 1.32. The fraction of sp³-hybridized carbons (Fsp3) is 0.263. The molecule has 1 N–H and O–H groups in total. The Balaban J connectivity index is 1.80. The van der Waals surface area contributed by atoms with Crippen LogP contribution in [-0.4, -0.2) is 27.1 Å². The molecule has 0 aliphatic rings. The van der Waals surface area contributed by atoms with Gasteiger partial charge in [0.2, 0.25) is 0 Å². The number of benzene rings is 1. The van der Waals surface area contributed by atoms with Gasteiger partial charge in [0.15, 0.2) is 5.82 Å². The van der Waals surface area contributed by atoms with Crippen molar-refractivity contribution in [1.82, 2.24) is 15.1 Å². The Hall–Kier alpha value is -3.22. The molecule has 0 fully saturated rings. The summed E-state index contributed by atoms with van der Waals surface area (Å²) in [6.07, 6.45) is 1.40. The highest BCUT2D eigenvalue weighted by atomic mass is 16.5. The standard InChI is InChI=1S/C19H21N5O2/c1-13(2)24(11-15-7-5-4-6-8-15)18-10-16(20-12-21-18)19(25)22-17-9-14(3)26-23-17/h4-10,12-13H,11H2,1-3H3,(H,22,23,25). The summed E-state index contributed by atoms with van der Waals surface area (Å²) >= 11 is 0. The Morgan fingerprint density at radius 3 is 2.62 bits per heavy atom. The van der Waals surface area contributed by atoms with Crippen LogP contribution in [0.4, 0.5) is 11.6 Å². The lowest BCUT2D eigenvalue weighted by atomic mass is 10.2. The van der Waals surface area contributed by atoms with Crippen molar-refractivity contribution in [2.24, 2.45) is 0 Å². The van der Waals surface area contributed by atoms with Gasteiger partial charge in [-0.05, 0) is 26.3 Å². The smallest absolute Gasteiger partial charge is 0.275 e. The molecule has 1 aromatic carbocycles. The van der Waals surface area contributed by atoms with Crippen molar-refractivity contribution in [1.29, 1.82) is 0 Å². The lowest BCUT2D eigenvalue weighted by Crippen LogP contribution is -2.31. The van der Waals surface area contributed by atoms with Crippen molar-refractivity contribution in [3.05, 3.63) is 65.8 Å². The van der Waals surface area contributed by atoms with Crippen molar-refractivity contribution in [3.63, 3.8) is 0 Å². The van der Waals surface area contributed by atoms with E-state index in [0.29, 0.717) is 23.9 Å². The number of anilines is 2. The second-order valence-electron chi connectivity index (χ2n) is 6.25. The summed E-state index contributed by atoms with van der Waals surface area (Å²) < 4.78 is 4.96. The highest BCUT2D eigenvalue weighted by molar-refractivity contribution is 6.02. The molecule has 0 unspecified atom stereocenters. The van der Waals surface area contributed by atoms with Crippen LogP contribution in [0.25, 0.3) is 0 Å². The zero-order valence-electron chi connectivity index (χ0n) is 15.0. The van der Waals surface area contributed by atoms with Crippen LogP contribution in [0.2, 0.25) is 0 Å². The lowest BCUT2D eigenvalue weighted by Gasteiger charge is -2.28. The molecule has 0 spiro atoms. The number of nitrogens with zero attached hydrogens (tertiary/aromatic N) is 4. The zero-order valence-corrected chi connectivity index (χ0v) is 15.0. The van der Waals surface area contributed by atoms with E-state index in [1.54, 1.807) is 19.1 Å². The summed E-state index contributed by atoms with van der Waals surface area (Å²) in [6.45, 7) is 6.63. The second-order valence-corrected chi connectivity index (χ2v) is 6.25. The first kappa shape index (κ1) is 17.6. The number of carbonyl (C=O) groups excluding carboxylic acids is 1. The van der Waals surface area contributed by atoms with Crippen LogP contribution in [0, 0.1) is 6.92 Å². The fourth-order valence-corrected chi connectivity index (χ4v) is 2.54. The van der Waals surface area contributed by atoms with Gasteiger partial charge in [0.1, 0.15) is 23.6 Å². The van der Waals surface area contributed by atoms with Crippen LogP contribution in [-0.2, 0) is 6.54 Å². The number of amides is 1. The summed E-state index contributed by atoms with van der Waals surface area (Å²) in [4.78, 5) is 23.0. The number of aryl methyl sites for hydroxylation is 1. The predicted octanol–water partition coefficient (Wildman–Crippen LogP) is 3.44. The largest absolute Gasteiger partial charge is 0.360 e. The molecule has 3 rings (SSSR count). The topological polar surface area (TPSA) is 84.2 Å². The molecule has 0 radical (unpaired) electrons. The average Bonchev–Trinajstić information content (AvgIpc) is 3.05. The van der Waals surface area contributed by atoms with Crippen molar-refractivity contribution in [2.75, 3.05) is 10.2 Å². The van der Waals surface area contributed by atoms with Gasteiger partial charge in [0.25, 0.3) is 5.91 Å². The quantitative estimate of drug-likeness (QED) is 0.732. The van der Waals surface area contributed by atoms with E-state index < -0.39 is 0 Å². The minimum absolute atomic E-state index is 0.208. The van der Waals surface area contributed by atoms with E-state index in [1.165, 1.54) is 11.9 Å². The fourth-order valence-electron chi connectivity index (χ4n) is 2.54. The Kier molecular flexibility index (Phi) is 5.26. The first-order valence-electron chi connectivity index (χ1n) is 8.40. The molecule has 1 amide bonds. The number of nitrogens with one attached hydrogen (secondary N) is 1. The van der Waals surface area contributed by atoms with Crippen LogP contribution < -0.4 is 10.2 Å². The van der Waals surface area contributed by atoms with Gasteiger partial charge in [0, 0.05) is 24.7 Å². The summed E-state index contributed by atoms with van der Waals surface area (Å²) in [5.41, 5.74) is 1.44. The van der Waals surface area contributed by atoms with Gasteiger partial charge in [-0.15, -0.1) is 0 Å². The molecule has 7 heteroatoms. The van der Waals surface area contributed by atoms with Gasteiger partial charge in [-0.25, -0.2) is 9.97 Å². The van der Waals surface area contributed by atoms with E-state index in [2.05, 4.69) is 51.3 Å². The molecule has 0 atom stereocenters. The Bertz CT molecular complexity index is 876. The normalized spacial score (nSPS) is 10.8. The maximum Gasteiger partial charge on any atom is 0.275 e. The lowest BCUT2D eigenvalue weighted by molar-refractivity contribution is 0.102. The second kappa shape index (κ2) is 7.77. The third-order valence-corrected chi connectivity index (χ3v) is 3.87. The van der Waals surface area contributed by atoms with Crippen LogP contribution in [0.1, 0.15) is 35.7 Å². The molecular weight excluding hydrogens is 330 g/mol. The number of rotatable bonds is 6. The molecule has 0 saturated heterocycles. The third-order valence-electron chi connectivity index (χ3n) is 3.87. The molecule has 26 heavy (non-hydrogen) atoms. The highest BCUT2D eigenvalue weighted by Gasteiger charge is 2.17. The SMILES string of the molecule is Cc1cc(NC(=O)c2cc(N(Cc3ccccc3)C(C)C)ncn2)no1. The Morgan fingerprint density at radius 2 is 1.96 bits per heavy atom. The molecule has 3 aromatic rings. The summed E-state index contributed by atoms with van der Waals surface area (Å²) in [5, 5.41) is 6.43. The van der Waals surface area contributed by atoms with E-state index >= 15 is 0 Å².